The SMILES string of the molecule is CS(=O)(=O)OCCN1CCN(OC(=O)OCc2ccccc2)CC1. The van der Waals surface area contributed by atoms with Gasteiger partial charge in [0, 0.05) is 32.7 Å². The van der Waals surface area contributed by atoms with E-state index >= 15 is 0 Å². The molecule has 0 bridgehead atoms. The van der Waals surface area contributed by atoms with E-state index in [-0.39, 0.29) is 13.2 Å². The molecule has 1 aromatic carbocycles. The van der Waals surface area contributed by atoms with E-state index in [1.165, 1.54) is 0 Å². The summed E-state index contributed by atoms with van der Waals surface area (Å²) in [5, 5.41) is 1.54. The van der Waals surface area contributed by atoms with Crippen molar-refractivity contribution in [3.63, 3.8) is 0 Å². The maximum Gasteiger partial charge on any atom is 0.528 e. The predicted octanol–water partition coefficient (Wildman–Crippen LogP) is 0.849. The predicted molar refractivity (Wildman–Crippen MR) is 86.5 cm³/mol. The lowest BCUT2D eigenvalue weighted by Crippen LogP contribution is -2.47. The van der Waals surface area contributed by atoms with Crippen LogP contribution in [0.15, 0.2) is 30.3 Å². The zero-order valence-corrected chi connectivity index (χ0v) is 14.4. The summed E-state index contributed by atoms with van der Waals surface area (Å²) in [7, 11) is -3.40. The van der Waals surface area contributed by atoms with E-state index in [4.69, 9.17) is 13.8 Å². The third-order valence-electron chi connectivity index (χ3n) is 3.44. The van der Waals surface area contributed by atoms with Crippen molar-refractivity contribution >= 4 is 16.3 Å². The van der Waals surface area contributed by atoms with Gasteiger partial charge in [0.2, 0.25) is 0 Å². The summed E-state index contributed by atoms with van der Waals surface area (Å²) in [5.41, 5.74) is 0.894. The topological polar surface area (TPSA) is 85.4 Å². The zero-order chi connectivity index (χ0) is 17.4. The Morgan fingerprint density at radius 1 is 1.12 bits per heavy atom. The van der Waals surface area contributed by atoms with Gasteiger partial charge in [0.15, 0.2) is 0 Å². The largest absolute Gasteiger partial charge is 0.528 e. The molecular formula is C15H22N2O6S. The summed E-state index contributed by atoms with van der Waals surface area (Å²) in [6, 6.07) is 9.37. The summed E-state index contributed by atoms with van der Waals surface area (Å²) < 4.78 is 31.5. The molecule has 0 spiro atoms. The van der Waals surface area contributed by atoms with Gasteiger partial charge in [0.25, 0.3) is 10.1 Å². The summed E-state index contributed by atoms with van der Waals surface area (Å²) in [4.78, 5) is 18.8. The van der Waals surface area contributed by atoms with Crippen molar-refractivity contribution in [2.45, 2.75) is 6.61 Å². The molecule has 1 fully saturated rings. The molecule has 0 aromatic heterocycles. The zero-order valence-electron chi connectivity index (χ0n) is 13.6. The normalized spacial score (nSPS) is 16.7. The third-order valence-corrected chi connectivity index (χ3v) is 4.03. The van der Waals surface area contributed by atoms with Gasteiger partial charge in [-0.05, 0) is 5.56 Å². The van der Waals surface area contributed by atoms with Crippen LogP contribution < -0.4 is 0 Å². The minimum absolute atomic E-state index is 0.124. The van der Waals surface area contributed by atoms with Crippen molar-refractivity contribution in [3.8, 4) is 0 Å². The molecule has 1 saturated heterocycles. The summed E-state index contributed by atoms with van der Waals surface area (Å²) >= 11 is 0. The fraction of sp³-hybridized carbons (Fsp3) is 0.533. The van der Waals surface area contributed by atoms with Gasteiger partial charge in [-0.25, -0.2) is 4.79 Å². The van der Waals surface area contributed by atoms with Crippen LogP contribution >= 0.6 is 0 Å². The van der Waals surface area contributed by atoms with E-state index in [0.717, 1.165) is 11.8 Å². The van der Waals surface area contributed by atoms with Crippen LogP contribution in [0.2, 0.25) is 0 Å². The highest BCUT2D eigenvalue weighted by atomic mass is 32.2. The molecule has 9 heteroatoms. The highest BCUT2D eigenvalue weighted by molar-refractivity contribution is 7.85. The lowest BCUT2D eigenvalue weighted by atomic mass is 10.2. The maximum atomic E-state index is 11.7. The standard InChI is InChI=1S/C15H22N2O6S/c1-24(19,20)22-12-11-16-7-9-17(10-8-16)23-15(18)21-13-14-5-3-2-4-6-14/h2-6H,7-13H2,1H3. The molecule has 1 aliphatic heterocycles. The summed E-state index contributed by atoms with van der Waals surface area (Å²) in [5.74, 6) is 0. The Morgan fingerprint density at radius 2 is 1.79 bits per heavy atom. The van der Waals surface area contributed by atoms with Crippen LogP contribution in [0.4, 0.5) is 4.79 Å². The molecule has 0 aliphatic carbocycles. The Balaban J connectivity index is 1.61. The average molecular weight is 358 g/mol. The van der Waals surface area contributed by atoms with Gasteiger partial charge in [-0.2, -0.15) is 8.42 Å². The fourth-order valence-electron chi connectivity index (χ4n) is 2.21. The van der Waals surface area contributed by atoms with Gasteiger partial charge >= 0.3 is 6.16 Å². The molecule has 0 amide bonds. The molecule has 0 radical (unpaired) electrons. The van der Waals surface area contributed by atoms with Gasteiger partial charge in [-0.15, -0.1) is 5.06 Å². The minimum atomic E-state index is -3.40. The molecule has 8 nitrogen and oxygen atoms in total. The number of hydrogen-bond donors (Lipinski definition) is 0. The Kier molecular flexibility index (Phi) is 6.98. The molecule has 1 aromatic rings. The van der Waals surface area contributed by atoms with Crippen molar-refractivity contribution in [1.29, 1.82) is 0 Å². The molecule has 0 N–H and O–H groups in total. The molecule has 24 heavy (non-hydrogen) atoms. The van der Waals surface area contributed by atoms with E-state index in [9.17, 15) is 13.2 Å². The van der Waals surface area contributed by atoms with Gasteiger partial charge in [0.05, 0.1) is 12.9 Å². The van der Waals surface area contributed by atoms with Crippen LogP contribution in [-0.2, 0) is 30.5 Å². The molecule has 0 saturated carbocycles. The lowest BCUT2D eigenvalue weighted by molar-refractivity contribution is -0.147. The minimum Gasteiger partial charge on any atom is -0.428 e. The van der Waals surface area contributed by atoms with Crippen molar-refractivity contribution in [2.24, 2.45) is 0 Å². The van der Waals surface area contributed by atoms with E-state index in [1.807, 2.05) is 35.2 Å². The molecule has 1 aliphatic rings. The number of hydrogen-bond acceptors (Lipinski definition) is 8. The van der Waals surface area contributed by atoms with Crippen LogP contribution in [0.3, 0.4) is 0 Å². The highest BCUT2D eigenvalue weighted by Gasteiger charge is 2.21. The van der Waals surface area contributed by atoms with E-state index in [0.29, 0.717) is 32.7 Å². The Bertz CT molecular complexity index is 614. The Morgan fingerprint density at radius 3 is 2.42 bits per heavy atom. The van der Waals surface area contributed by atoms with Gasteiger partial charge in [0.1, 0.15) is 6.61 Å². The number of ether oxygens (including phenoxy) is 1. The van der Waals surface area contributed by atoms with Gasteiger partial charge in [-0.1, -0.05) is 30.3 Å². The van der Waals surface area contributed by atoms with Crippen molar-refractivity contribution < 1.29 is 27.0 Å². The molecule has 0 unspecified atom stereocenters. The first-order valence-corrected chi connectivity index (χ1v) is 9.44. The number of hydroxylamine groups is 2. The average Bonchev–Trinajstić information content (AvgIpc) is 2.54. The van der Waals surface area contributed by atoms with Crippen LogP contribution in [0, 0.1) is 0 Å². The van der Waals surface area contributed by atoms with E-state index in [2.05, 4.69) is 0 Å². The quantitative estimate of drug-likeness (QED) is 0.524. The summed E-state index contributed by atoms with van der Waals surface area (Å²) in [6.45, 7) is 3.16. The van der Waals surface area contributed by atoms with Crippen molar-refractivity contribution in [2.75, 3.05) is 45.6 Å². The second-order valence-electron chi connectivity index (χ2n) is 5.41. The first kappa shape index (κ1) is 18.7. The lowest BCUT2D eigenvalue weighted by Gasteiger charge is -2.32. The number of carbonyl (C=O) groups is 1. The molecule has 134 valence electrons. The highest BCUT2D eigenvalue weighted by Crippen LogP contribution is 2.06. The smallest absolute Gasteiger partial charge is 0.428 e. The van der Waals surface area contributed by atoms with Crippen LogP contribution in [-0.4, -0.2) is 70.1 Å². The van der Waals surface area contributed by atoms with Crippen molar-refractivity contribution in [1.82, 2.24) is 9.96 Å². The Labute approximate surface area is 142 Å². The molecule has 0 atom stereocenters. The number of piperazine rings is 1. The monoisotopic (exact) mass is 358 g/mol. The Hall–Kier alpha value is -1.68. The third kappa shape index (κ3) is 7.26. The molecule has 1 heterocycles. The second kappa shape index (κ2) is 8.97. The molecular weight excluding hydrogens is 336 g/mol. The van der Waals surface area contributed by atoms with Crippen LogP contribution in [0.1, 0.15) is 5.56 Å². The number of carbonyl (C=O) groups excluding carboxylic acids is 1. The van der Waals surface area contributed by atoms with Crippen molar-refractivity contribution in [3.05, 3.63) is 35.9 Å². The first-order chi connectivity index (χ1) is 11.4. The first-order valence-electron chi connectivity index (χ1n) is 7.63. The summed E-state index contributed by atoms with van der Waals surface area (Å²) in [6.07, 6.45) is 0.299. The maximum absolute atomic E-state index is 11.7. The fourth-order valence-corrected chi connectivity index (χ4v) is 2.59. The van der Waals surface area contributed by atoms with Gasteiger partial charge in [-0.3, -0.25) is 9.08 Å². The van der Waals surface area contributed by atoms with Crippen LogP contribution in [0.25, 0.3) is 0 Å². The van der Waals surface area contributed by atoms with Crippen LogP contribution in [0.5, 0.6) is 0 Å². The van der Waals surface area contributed by atoms with E-state index < -0.39 is 16.3 Å². The molecule has 2 rings (SSSR count). The second-order valence-corrected chi connectivity index (χ2v) is 7.06. The van der Waals surface area contributed by atoms with Gasteiger partial charge < -0.3 is 9.57 Å². The number of benzene rings is 1. The number of rotatable bonds is 7. The number of nitrogens with zero attached hydrogens (tertiary/aromatic N) is 2. The van der Waals surface area contributed by atoms with E-state index in [1.54, 1.807) is 5.06 Å².